The van der Waals surface area contributed by atoms with Crippen molar-refractivity contribution in [2.45, 2.75) is 26.9 Å². The third-order valence-corrected chi connectivity index (χ3v) is 7.83. The van der Waals surface area contributed by atoms with Gasteiger partial charge >= 0.3 is 0 Å². The number of allylic oxidation sites excluding steroid dienone is 3. The minimum atomic E-state index is -0.457. The Labute approximate surface area is 251 Å². The Morgan fingerprint density at radius 1 is 1.23 bits per heavy atom. The van der Waals surface area contributed by atoms with Crippen LogP contribution in [0.15, 0.2) is 66.4 Å². The molecule has 4 N–H and O–H groups in total. The lowest BCUT2D eigenvalue weighted by molar-refractivity contribution is -0.00505. The van der Waals surface area contributed by atoms with Gasteiger partial charge in [0.2, 0.25) is 5.78 Å². The molecule has 0 saturated carbocycles. The second-order valence-corrected chi connectivity index (χ2v) is 10.8. The van der Waals surface area contributed by atoms with E-state index in [0.29, 0.717) is 35.5 Å². The fourth-order valence-electron chi connectivity index (χ4n) is 4.78. The lowest BCUT2D eigenvalue weighted by atomic mass is 10.1. The number of nitrogens with zero attached hydrogens (tertiary/aromatic N) is 3. The zero-order valence-corrected chi connectivity index (χ0v) is 24.7. The summed E-state index contributed by atoms with van der Waals surface area (Å²) < 4.78 is 45.2. The van der Waals surface area contributed by atoms with Crippen LogP contribution in [0, 0.1) is 5.82 Å². The Kier molecular flexibility index (Phi) is 9.34. The van der Waals surface area contributed by atoms with E-state index in [-0.39, 0.29) is 34.4 Å². The number of ketones is 1. The van der Waals surface area contributed by atoms with Crippen LogP contribution in [-0.2, 0) is 4.74 Å². The second kappa shape index (κ2) is 13.3. The highest BCUT2D eigenvalue weighted by molar-refractivity contribution is 7.98. The van der Waals surface area contributed by atoms with Crippen molar-refractivity contribution in [1.29, 1.82) is 0 Å². The van der Waals surface area contributed by atoms with Gasteiger partial charge in [-0.25, -0.2) is 13.4 Å². The van der Waals surface area contributed by atoms with Crippen molar-refractivity contribution in [3.8, 4) is 11.5 Å². The average molecular weight is 611 g/mol. The molecule has 5 rings (SSSR count). The molecule has 0 spiro atoms. The number of aromatic nitrogens is 3. The molecular weight excluding hydrogens is 578 g/mol. The minimum absolute atomic E-state index is 0.00760. The molecule has 4 aromatic rings. The van der Waals surface area contributed by atoms with Gasteiger partial charge in [-0.1, -0.05) is 18.2 Å². The maximum Gasteiger partial charge on any atom is 0.214 e. The van der Waals surface area contributed by atoms with Gasteiger partial charge < -0.3 is 24.9 Å². The number of nitrogen functional groups attached to an aromatic ring is 1. The average Bonchev–Trinajstić information content (AvgIpc) is 3.60. The van der Waals surface area contributed by atoms with Crippen LogP contribution in [0.3, 0.4) is 0 Å². The molecule has 1 fully saturated rings. The van der Waals surface area contributed by atoms with Crippen LogP contribution in [0.4, 0.5) is 20.4 Å². The molecule has 0 aliphatic carbocycles. The summed E-state index contributed by atoms with van der Waals surface area (Å²) in [4.78, 5) is 20.7. The monoisotopic (exact) mass is 610 g/mol. The first kappa shape index (κ1) is 30.1. The summed E-state index contributed by atoms with van der Waals surface area (Å²) in [5.41, 5.74) is 9.29. The molecule has 0 amide bonds. The predicted octanol–water partition coefficient (Wildman–Crippen LogP) is 6.16. The first-order valence-electron chi connectivity index (χ1n) is 13.6. The zero-order chi connectivity index (χ0) is 30.5. The van der Waals surface area contributed by atoms with Gasteiger partial charge in [0.25, 0.3) is 0 Å². The predicted molar refractivity (Wildman–Crippen MR) is 164 cm³/mol. The number of benzene rings is 2. The van der Waals surface area contributed by atoms with Gasteiger partial charge in [-0.05, 0) is 62.8 Å². The van der Waals surface area contributed by atoms with Crippen molar-refractivity contribution in [2.75, 3.05) is 36.8 Å². The molecule has 43 heavy (non-hydrogen) atoms. The molecule has 2 aromatic heterocycles. The quantitative estimate of drug-likeness (QED) is 0.104. The minimum Gasteiger partial charge on any atom is -0.484 e. The first-order valence-corrected chi connectivity index (χ1v) is 14.4. The van der Waals surface area contributed by atoms with Gasteiger partial charge in [0.05, 0.1) is 42.1 Å². The highest BCUT2D eigenvalue weighted by Crippen LogP contribution is 2.34. The van der Waals surface area contributed by atoms with E-state index in [1.165, 1.54) is 35.1 Å². The molecule has 3 heterocycles. The Bertz CT molecular complexity index is 1680. The van der Waals surface area contributed by atoms with E-state index in [1.54, 1.807) is 37.3 Å². The van der Waals surface area contributed by atoms with Gasteiger partial charge in [0.15, 0.2) is 17.3 Å². The van der Waals surface area contributed by atoms with Crippen LogP contribution in [0.5, 0.6) is 11.5 Å². The number of H-pyrrole nitrogens is 1. The van der Waals surface area contributed by atoms with E-state index >= 15 is 0 Å². The summed E-state index contributed by atoms with van der Waals surface area (Å²) in [6, 6.07) is 11.0. The number of rotatable bonds is 11. The fourth-order valence-corrected chi connectivity index (χ4v) is 5.49. The first-order chi connectivity index (χ1) is 20.8. The number of hydrogen-bond donors (Lipinski definition) is 3. The van der Waals surface area contributed by atoms with Crippen molar-refractivity contribution in [3.63, 3.8) is 0 Å². The topological polar surface area (TPSA) is 120 Å². The summed E-state index contributed by atoms with van der Waals surface area (Å²) in [5, 5.41) is 4.96. The second-order valence-electron chi connectivity index (χ2n) is 9.89. The van der Waals surface area contributed by atoms with Gasteiger partial charge in [-0.2, -0.15) is 5.10 Å². The van der Waals surface area contributed by atoms with Crippen molar-refractivity contribution in [2.24, 2.45) is 0 Å². The molecule has 2 aromatic carbocycles. The smallest absolute Gasteiger partial charge is 0.214 e. The maximum absolute atomic E-state index is 14.0. The van der Waals surface area contributed by atoms with Crippen molar-refractivity contribution < 1.29 is 28.1 Å². The number of ether oxygens (including phenoxy) is 2. The van der Waals surface area contributed by atoms with Gasteiger partial charge in [0.1, 0.15) is 11.9 Å². The fraction of sp³-hybridized carbons (Fsp3) is 0.267. The normalized spacial score (nSPS) is 15.5. The van der Waals surface area contributed by atoms with Gasteiger partial charge in [-0.15, -0.1) is 0 Å². The van der Waals surface area contributed by atoms with E-state index in [2.05, 4.69) is 24.1 Å². The number of fused-ring (bicyclic) bond motifs is 1. The Balaban J connectivity index is 1.34. The third-order valence-electron chi connectivity index (χ3n) is 6.89. The van der Waals surface area contributed by atoms with Crippen LogP contribution in [0.1, 0.15) is 36.8 Å². The molecule has 0 radical (unpaired) electrons. The number of nitrogens with one attached hydrogen (secondary N) is 2. The van der Waals surface area contributed by atoms with Crippen LogP contribution in [0.2, 0.25) is 0 Å². The third kappa shape index (κ3) is 6.69. The lowest BCUT2D eigenvalue weighted by Gasteiger charge is -2.25. The molecule has 1 aliphatic rings. The summed E-state index contributed by atoms with van der Waals surface area (Å²) >= 11 is 1.33. The number of anilines is 2. The van der Waals surface area contributed by atoms with Gasteiger partial charge in [0, 0.05) is 40.7 Å². The molecule has 226 valence electrons. The van der Waals surface area contributed by atoms with Crippen LogP contribution >= 0.6 is 12.1 Å². The molecule has 0 bridgehead atoms. The highest BCUT2D eigenvalue weighted by atomic mass is 32.2. The van der Waals surface area contributed by atoms with E-state index in [4.69, 9.17) is 15.2 Å². The number of nitrogens with two attached hydrogens (primary N) is 1. The van der Waals surface area contributed by atoms with E-state index in [9.17, 15) is 13.7 Å². The van der Waals surface area contributed by atoms with Crippen LogP contribution in [0.25, 0.3) is 16.6 Å². The van der Waals surface area contributed by atoms with Crippen molar-refractivity contribution in [1.82, 2.24) is 19.1 Å². The van der Waals surface area contributed by atoms with E-state index < -0.39 is 11.9 Å². The maximum atomic E-state index is 14.0. The SMILES string of the molecule is C/C=C(\C(C)=C/C(C)Oc1ccccc1F)n1ncc(C(=O)c2cc3cc(OF)c(NSN4CCOCC4)cc3[nH]2)c1N. The number of halogens is 2. The number of morpholine rings is 1. The Morgan fingerprint density at radius 3 is 2.72 bits per heavy atom. The number of carbonyl (C=O) groups excluding carboxylic acids is 1. The molecular formula is C30H32F2N6O4S. The largest absolute Gasteiger partial charge is 0.484 e. The lowest BCUT2D eigenvalue weighted by Crippen LogP contribution is -2.32. The highest BCUT2D eigenvalue weighted by Gasteiger charge is 2.22. The molecule has 10 nitrogen and oxygen atoms in total. The van der Waals surface area contributed by atoms with Gasteiger partial charge in [-0.3, -0.25) is 9.74 Å². The Morgan fingerprint density at radius 2 is 2.00 bits per heavy atom. The molecule has 13 heteroatoms. The van der Waals surface area contributed by atoms with Crippen molar-refractivity contribution >= 4 is 46.0 Å². The Hall–Kier alpha value is -4.33. The molecule has 1 unspecified atom stereocenters. The number of aromatic amines is 1. The van der Waals surface area contributed by atoms with E-state index in [1.807, 2.05) is 26.0 Å². The van der Waals surface area contributed by atoms with Crippen molar-refractivity contribution in [3.05, 3.63) is 83.5 Å². The number of para-hydroxylation sites is 1. The molecule has 1 aliphatic heterocycles. The summed E-state index contributed by atoms with van der Waals surface area (Å²) in [6.07, 6.45) is 4.57. The molecule has 1 atom stereocenters. The number of hydrogen-bond acceptors (Lipinski definition) is 9. The van der Waals surface area contributed by atoms with E-state index in [0.717, 1.165) is 18.7 Å². The summed E-state index contributed by atoms with van der Waals surface area (Å²) in [5.74, 6) is -0.546. The summed E-state index contributed by atoms with van der Waals surface area (Å²) in [7, 11) is 0. The standard InChI is InChI=1S/C30H32F2N6O4S/c1-4-26(18(2)13-19(3)41-27-8-6-5-7-22(27)31)38-30(33)21(17-34-38)29(39)25-14-20-15-28(42-32)24(16-23(20)35-25)36-43-37-9-11-40-12-10-37/h4-8,13-17,19,35-36H,9-12,33H2,1-3H3/b18-13-,26-4+. The van der Waals surface area contributed by atoms with Crippen LogP contribution in [-0.4, -0.2) is 57.3 Å². The van der Waals surface area contributed by atoms with Crippen LogP contribution < -0.4 is 20.1 Å². The zero-order valence-electron chi connectivity index (χ0n) is 23.9. The molecule has 1 saturated heterocycles. The number of carbonyl (C=O) groups is 1. The summed E-state index contributed by atoms with van der Waals surface area (Å²) in [6.45, 7) is 8.17.